The normalized spacial score (nSPS) is 27.9. The van der Waals surface area contributed by atoms with Gasteiger partial charge in [-0.25, -0.2) is 0 Å². The van der Waals surface area contributed by atoms with E-state index >= 15 is 0 Å². The highest BCUT2D eigenvalue weighted by atomic mass is 14.9. The number of anilines is 1. The molecule has 16 heavy (non-hydrogen) atoms. The Morgan fingerprint density at radius 3 is 2.81 bits per heavy atom. The molecule has 1 saturated carbocycles. The monoisotopic (exact) mass is 215 g/mol. The highest BCUT2D eigenvalue weighted by molar-refractivity contribution is 5.62. The summed E-state index contributed by atoms with van der Waals surface area (Å²) < 4.78 is 0. The first-order valence-electron chi connectivity index (χ1n) is 6.61. The molecule has 0 saturated heterocycles. The molecule has 86 valence electrons. The van der Waals surface area contributed by atoms with E-state index < -0.39 is 0 Å². The van der Waals surface area contributed by atoms with Crippen LogP contribution in [0.25, 0.3) is 0 Å². The molecule has 3 rings (SSSR count). The Morgan fingerprint density at radius 1 is 1.12 bits per heavy atom. The topological polar surface area (TPSA) is 12.0 Å². The maximum Gasteiger partial charge on any atom is 0.0405 e. The summed E-state index contributed by atoms with van der Waals surface area (Å²) in [5.74, 6) is 1.73. The zero-order valence-electron chi connectivity index (χ0n) is 10.3. The van der Waals surface area contributed by atoms with Gasteiger partial charge < -0.3 is 5.32 Å². The van der Waals surface area contributed by atoms with E-state index in [0.717, 1.165) is 11.8 Å². The van der Waals surface area contributed by atoms with Gasteiger partial charge in [0.15, 0.2) is 0 Å². The molecule has 0 spiro atoms. The van der Waals surface area contributed by atoms with Gasteiger partial charge in [-0.15, -0.1) is 0 Å². The highest BCUT2D eigenvalue weighted by Crippen LogP contribution is 2.45. The van der Waals surface area contributed by atoms with Crippen LogP contribution in [0, 0.1) is 19.8 Å². The van der Waals surface area contributed by atoms with Crippen LogP contribution < -0.4 is 5.32 Å². The van der Waals surface area contributed by atoms with Crippen molar-refractivity contribution >= 4 is 5.69 Å². The van der Waals surface area contributed by atoms with Gasteiger partial charge in [0.25, 0.3) is 0 Å². The van der Waals surface area contributed by atoms with E-state index in [1.54, 1.807) is 5.56 Å². The summed E-state index contributed by atoms with van der Waals surface area (Å²) in [6.45, 7) is 5.66. The van der Waals surface area contributed by atoms with Crippen molar-refractivity contribution in [2.24, 2.45) is 5.92 Å². The standard InChI is InChI=1S/C15H21N/c1-10-7-11(2)15-14(8-10)13-6-4-3-5-12(13)9-16-15/h7-8,12-13,16H,3-6,9H2,1-2H3. The lowest BCUT2D eigenvalue weighted by Gasteiger charge is -2.38. The van der Waals surface area contributed by atoms with Crippen molar-refractivity contribution in [1.29, 1.82) is 0 Å². The van der Waals surface area contributed by atoms with Gasteiger partial charge in [0, 0.05) is 12.2 Å². The van der Waals surface area contributed by atoms with Crippen LogP contribution in [-0.4, -0.2) is 6.54 Å². The van der Waals surface area contributed by atoms with Gasteiger partial charge in [-0.3, -0.25) is 0 Å². The summed E-state index contributed by atoms with van der Waals surface area (Å²) in [5, 5.41) is 3.66. The van der Waals surface area contributed by atoms with E-state index in [-0.39, 0.29) is 0 Å². The summed E-state index contributed by atoms with van der Waals surface area (Å²) in [7, 11) is 0. The Hall–Kier alpha value is -0.980. The SMILES string of the molecule is Cc1cc(C)c2c(c1)C1CCCCC1CN2. The van der Waals surface area contributed by atoms with Gasteiger partial charge in [-0.2, -0.15) is 0 Å². The van der Waals surface area contributed by atoms with Gasteiger partial charge in [-0.05, 0) is 49.7 Å². The molecule has 1 aliphatic heterocycles. The molecule has 1 nitrogen and oxygen atoms in total. The third-order valence-electron chi connectivity index (χ3n) is 4.36. The lowest BCUT2D eigenvalue weighted by Crippen LogP contribution is -2.30. The fraction of sp³-hybridized carbons (Fsp3) is 0.600. The minimum Gasteiger partial charge on any atom is -0.384 e. The summed E-state index contributed by atoms with van der Waals surface area (Å²) in [6.07, 6.45) is 5.68. The Bertz CT molecular complexity index is 408. The van der Waals surface area contributed by atoms with E-state index in [9.17, 15) is 0 Å². The molecule has 1 aromatic carbocycles. The Labute approximate surface area is 98.3 Å². The quantitative estimate of drug-likeness (QED) is 0.689. The smallest absolute Gasteiger partial charge is 0.0405 e. The first kappa shape index (κ1) is 10.2. The number of nitrogens with one attached hydrogen (secondary N) is 1. The zero-order chi connectivity index (χ0) is 11.1. The van der Waals surface area contributed by atoms with E-state index in [0.29, 0.717) is 0 Å². The van der Waals surface area contributed by atoms with Crippen LogP contribution in [0.1, 0.15) is 48.3 Å². The van der Waals surface area contributed by atoms with E-state index in [1.165, 1.54) is 49.0 Å². The number of hydrogen-bond acceptors (Lipinski definition) is 1. The van der Waals surface area contributed by atoms with Crippen molar-refractivity contribution in [2.75, 3.05) is 11.9 Å². The van der Waals surface area contributed by atoms with Crippen LogP contribution in [0.3, 0.4) is 0 Å². The van der Waals surface area contributed by atoms with Crippen molar-refractivity contribution in [3.05, 3.63) is 28.8 Å². The number of benzene rings is 1. The molecular weight excluding hydrogens is 194 g/mol. The van der Waals surface area contributed by atoms with Gasteiger partial charge in [0.2, 0.25) is 0 Å². The third-order valence-corrected chi connectivity index (χ3v) is 4.36. The average Bonchev–Trinajstić information content (AvgIpc) is 2.28. The molecular formula is C15H21N. The number of hydrogen-bond donors (Lipinski definition) is 1. The number of aryl methyl sites for hydroxylation is 2. The second kappa shape index (κ2) is 3.80. The lowest BCUT2D eigenvalue weighted by molar-refractivity contribution is 0.313. The molecule has 1 fully saturated rings. The maximum atomic E-state index is 3.66. The van der Waals surface area contributed by atoms with Crippen LogP contribution in [0.4, 0.5) is 5.69 Å². The van der Waals surface area contributed by atoms with Crippen LogP contribution in [-0.2, 0) is 0 Å². The summed E-state index contributed by atoms with van der Waals surface area (Å²) >= 11 is 0. The second-order valence-corrected chi connectivity index (χ2v) is 5.58. The molecule has 1 N–H and O–H groups in total. The minimum absolute atomic E-state index is 0.837. The van der Waals surface area contributed by atoms with E-state index in [2.05, 4.69) is 31.3 Å². The fourth-order valence-electron chi connectivity index (χ4n) is 3.63. The largest absolute Gasteiger partial charge is 0.384 e. The molecule has 2 aliphatic rings. The van der Waals surface area contributed by atoms with Crippen molar-refractivity contribution in [3.8, 4) is 0 Å². The van der Waals surface area contributed by atoms with Crippen LogP contribution >= 0.6 is 0 Å². The summed E-state index contributed by atoms with van der Waals surface area (Å²) in [6, 6.07) is 4.71. The molecule has 0 radical (unpaired) electrons. The zero-order valence-corrected chi connectivity index (χ0v) is 10.3. The maximum absolute atomic E-state index is 3.66. The Balaban J connectivity index is 2.06. The first-order chi connectivity index (χ1) is 7.75. The third kappa shape index (κ3) is 1.53. The van der Waals surface area contributed by atoms with E-state index in [1.807, 2.05) is 0 Å². The molecule has 2 atom stereocenters. The molecule has 0 amide bonds. The van der Waals surface area contributed by atoms with Crippen molar-refractivity contribution in [1.82, 2.24) is 0 Å². The van der Waals surface area contributed by atoms with Crippen molar-refractivity contribution < 1.29 is 0 Å². The van der Waals surface area contributed by atoms with Gasteiger partial charge in [-0.1, -0.05) is 30.5 Å². The highest BCUT2D eigenvalue weighted by Gasteiger charge is 2.32. The first-order valence-corrected chi connectivity index (χ1v) is 6.61. The predicted octanol–water partition coefficient (Wildman–Crippen LogP) is 4.00. The molecule has 1 aliphatic carbocycles. The molecule has 0 aromatic heterocycles. The lowest BCUT2D eigenvalue weighted by atomic mass is 9.72. The van der Waals surface area contributed by atoms with Crippen LogP contribution in [0.5, 0.6) is 0 Å². The van der Waals surface area contributed by atoms with Crippen LogP contribution in [0.15, 0.2) is 12.1 Å². The minimum atomic E-state index is 0.837. The van der Waals surface area contributed by atoms with Gasteiger partial charge in [0.05, 0.1) is 0 Å². The molecule has 2 unspecified atom stereocenters. The second-order valence-electron chi connectivity index (χ2n) is 5.58. The van der Waals surface area contributed by atoms with Crippen LogP contribution in [0.2, 0.25) is 0 Å². The molecule has 1 aromatic rings. The predicted molar refractivity (Wildman–Crippen MR) is 69.1 cm³/mol. The fourth-order valence-corrected chi connectivity index (χ4v) is 3.63. The molecule has 1 heteroatoms. The van der Waals surface area contributed by atoms with E-state index in [4.69, 9.17) is 0 Å². The van der Waals surface area contributed by atoms with Crippen molar-refractivity contribution in [3.63, 3.8) is 0 Å². The average molecular weight is 215 g/mol. The summed E-state index contributed by atoms with van der Waals surface area (Å²) in [4.78, 5) is 0. The van der Waals surface area contributed by atoms with Crippen molar-refractivity contribution in [2.45, 2.75) is 45.4 Å². The Kier molecular flexibility index (Phi) is 2.42. The number of fused-ring (bicyclic) bond motifs is 3. The summed E-state index contributed by atoms with van der Waals surface area (Å²) in [5.41, 5.74) is 5.89. The molecule has 1 heterocycles. The van der Waals surface area contributed by atoms with Gasteiger partial charge >= 0.3 is 0 Å². The van der Waals surface area contributed by atoms with Gasteiger partial charge in [0.1, 0.15) is 0 Å². The Morgan fingerprint density at radius 2 is 1.94 bits per heavy atom. The number of rotatable bonds is 0. The molecule has 0 bridgehead atoms.